The number of esters is 2. The molecule has 0 fully saturated rings. The molecule has 186 valence electrons. The van der Waals surface area contributed by atoms with Gasteiger partial charge in [-0.25, -0.2) is 9.59 Å². The number of nitrogens with one attached hydrogen (secondary N) is 1. The van der Waals surface area contributed by atoms with Crippen molar-refractivity contribution in [2.75, 3.05) is 14.2 Å². The van der Waals surface area contributed by atoms with Crippen LogP contribution in [-0.4, -0.2) is 55.1 Å². The predicted molar refractivity (Wildman–Crippen MR) is 126 cm³/mol. The van der Waals surface area contributed by atoms with Gasteiger partial charge in [0.25, 0.3) is 0 Å². The first kappa shape index (κ1) is 25.7. The largest absolute Gasteiger partial charge is 0.469 e. The lowest BCUT2D eigenvalue weighted by molar-refractivity contribution is -0.149. The van der Waals surface area contributed by atoms with E-state index in [9.17, 15) is 19.2 Å². The lowest BCUT2D eigenvalue weighted by atomic mass is 9.93. The fraction of sp³-hybridized carbons (Fsp3) is 0.385. The molecule has 1 heterocycles. The quantitative estimate of drug-likeness (QED) is 0.455. The first-order valence-corrected chi connectivity index (χ1v) is 11.3. The number of carbonyl (C=O) groups excluding carboxylic acids is 4. The third-order valence-electron chi connectivity index (χ3n) is 5.99. The van der Waals surface area contributed by atoms with Crippen molar-refractivity contribution in [2.24, 2.45) is 5.92 Å². The van der Waals surface area contributed by atoms with Gasteiger partial charge in [0.15, 0.2) is 0 Å². The number of ether oxygens (including phenoxy) is 3. The van der Waals surface area contributed by atoms with E-state index in [2.05, 4.69) is 5.32 Å². The second-order valence-corrected chi connectivity index (χ2v) is 8.40. The van der Waals surface area contributed by atoms with Crippen LogP contribution >= 0.6 is 0 Å². The van der Waals surface area contributed by atoms with Crippen LogP contribution in [0.5, 0.6) is 0 Å². The Morgan fingerprint density at radius 3 is 2.23 bits per heavy atom. The summed E-state index contributed by atoms with van der Waals surface area (Å²) in [4.78, 5) is 52.0. The molecule has 9 nitrogen and oxygen atoms in total. The van der Waals surface area contributed by atoms with Crippen molar-refractivity contribution in [1.29, 1.82) is 0 Å². The summed E-state index contributed by atoms with van der Waals surface area (Å²) >= 11 is 0. The molecule has 0 spiro atoms. The Labute approximate surface area is 204 Å². The standard InChI is InChI=1S/C26H30N2O7/c1-17(24(30)33-2)13-21(25(31)34-3)27-23(29)22-14-19-11-7-8-12-20(19)15-28(22)26(32)35-16-18-9-5-4-6-10-18/h4-12,17,21-22H,13-16H2,1-3H3,(H,27,29)/t17-,21-,22-/m0/s1. The zero-order valence-corrected chi connectivity index (χ0v) is 20.1. The summed E-state index contributed by atoms with van der Waals surface area (Å²) in [6.45, 7) is 1.84. The van der Waals surface area contributed by atoms with Gasteiger partial charge in [0.2, 0.25) is 5.91 Å². The zero-order chi connectivity index (χ0) is 25.4. The Hall–Kier alpha value is -3.88. The van der Waals surface area contributed by atoms with Crippen molar-refractivity contribution < 1.29 is 33.4 Å². The Morgan fingerprint density at radius 1 is 0.943 bits per heavy atom. The fourth-order valence-corrected chi connectivity index (χ4v) is 4.03. The molecule has 0 radical (unpaired) electrons. The highest BCUT2D eigenvalue weighted by molar-refractivity contribution is 5.90. The summed E-state index contributed by atoms with van der Waals surface area (Å²) in [6.07, 6.45) is -0.392. The van der Waals surface area contributed by atoms with E-state index in [-0.39, 0.29) is 26.0 Å². The predicted octanol–water partition coefficient (Wildman–Crippen LogP) is 2.61. The number of hydrogen-bond donors (Lipinski definition) is 1. The number of carbonyl (C=O) groups is 4. The molecule has 0 aromatic heterocycles. The maximum Gasteiger partial charge on any atom is 0.411 e. The van der Waals surface area contributed by atoms with Crippen LogP contribution in [-0.2, 0) is 48.2 Å². The Balaban J connectivity index is 1.79. The fourth-order valence-electron chi connectivity index (χ4n) is 4.03. The van der Waals surface area contributed by atoms with Crippen LogP contribution in [0.4, 0.5) is 4.79 Å². The molecular weight excluding hydrogens is 452 g/mol. The summed E-state index contributed by atoms with van der Waals surface area (Å²) in [5, 5.41) is 2.67. The Kier molecular flexibility index (Phi) is 8.83. The van der Waals surface area contributed by atoms with Gasteiger partial charge in [-0.1, -0.05) is 61.5 Å². The van der Waals surface area contributed by atoms with Gasteiger partial charge in [-0.15, -0.1) is 0 Å². The molecule has 0 unspecified atom stereocenters. The lowest BCUT2D eigenvalue weighted by Crippen LogP contribution is -2.56. The molecular formula is C26H30N2O7. The first-order chi connectivity index (χ1) is 16.8. The van der Waals surface area contributed by atoms with E-state index in [1.807, 2.05) is 54.6 Å². The van der Waals surface area contributed by atoms with E-state index in [4.69, 9.17) is 14.2 Å². The highest BCUT2D eigenvalue weighted by atomic mass is 16.6. The topological polar surface area (TPSA) is 111 Å². The molecule has 2 aromatic carbocycles. The number of benzene rings is 2. The molecule has 2 aromatic rings. The van der Waals surface area contributed by atoms with E-state index in [0.29, 0.717) is 0 Å². The van der Waals surface area contributed by atoms with E-state index < -0.39 is 41.9 Å². The van der Waals surface area contributed by atoms with Gasteiger partial charge in [0.1, 0.15) is 18.7 Å². The smallest absolute Gasteiger partial charge is 0.411 e. The molecule has 1 aliphatic rings. The molecule has 35 heavy (non-hydrogen) atoms. The summed E-state index contributed by atoms with van der Waals surface area (Å²) in [5.74, 6) is -2.39. The minimum atomic E-state index is -1.08. The lowest BCUT2D eigenvalue weighted by Gasteiger charge is -2.36. The molecule has 1 aliphatic heterocycles. The highest BCUT2D eigenvalue weighted by Gasteiger charge is 2.38. The number of rotatable bonds is 8. The molecule has 0 bridgehead atoms. The van der Waals surface area contributed by atoms with Gasteiger partial charge < -0.3 is 19.5 Å². The molecule has 0 saturated heterocycles. The van der Waals surface area contributed by atoms with Gasteiger partial charge in [0.05, 0.1) is 26.7 Å². The second-order valence-electron chi connectivity index (χ2n) is 8.40. The van der Waals surface area contributed by atoms with Gasteiger partial charge >= 0.3 is 18.0 Å². The van der Waals surface area contributed by atoms with Crippen LogP contribution < -0.4 is 5.32 Å². The summed E-state index contributed by atoms with van der Waals surface area (Å²) in [5.41, 5.74) is 2.66. The first-order valence-electron chi connectivity index (χ1n) is 11.3. The van der Waals surface area contributed by atoms with Gasteiger partial charge in [-0.2, -0.15) is 0 Å². The monoisotopic (exact) mass is 482 g/mol. The van der Waals surface area contributed by atoms with Crippen LogP contribution in [0.1, 0.15) is 30.0 Å². The Morgan fingerprint density at radius 2 is 1.57 bits per heavy atom. The van der Waals surface area contributed by atoms with Crippen molar-refractivity contribution >= 4 is 23.9 Å². The van der Waals surface area contributed by atoms with E-state index in [1.54, 1.807) is 6.92 Å². The molecule has 2 amide bonds. The van der Waals surface area contributed by atoms with Crippen molar-refractivity contribution in [1.82, 2.24) is 10.2 Å². The van der Waals surface area contributed by atoms with Crippen LogP contribution in [0.2, 0.25) is 0 Å². The minimum absolute atomic E-state index is 0.00710. The van der Waals surface area contributed by atoms with Gasteiger partial charge in [-0.3, -0.25) is 14.5 Å². The van der Waals surface area contributed by atoms with Crippen molar-refractivity contribution in [3.63, 3.8) is 0 Å². The van der Waals surface area contributed by atoms with E-state index >= 15 is 0 Å². The molecule has 0 aliphatic carbocycles. The van der Waals surface area contributed by atoms with E-state index in [0.717, 1.165) is 16.7 Å². The SMILES string of the molecule is COC(=O)[C@H](C[C@H](C)C(=O)OC)NC(=O)[C@@H]1Cc2ccccc2CN1C(=O)OCc1ccccc1. The molecule has 1 N–H and O–H groups in total. The van der Waals surface area contributed by atoms with Crippen LogP contribution in [0.25, 0.3) is 0 Å². The third kappa shape index (κ3) is 6.59. The average Bonchev–Trinajstić information content (AvgIpc) is 2.89. The minimum Gasteiger partial charge on any atom is -0.469 e. The molecule has 3 atom stereocenters. The van der Waals surface area contributed by atoms with Crippen LogP contribution in [0, 0.1) is 5.92 Å². The number of hydrogen-bond acceptors (Lipinski definition) is 7. The number of amides is 2. The van der Waals surface area contributed by atoms with Crippen molar-refractivity contribution in [2.45, 2.75) is 45.0 Å². The second kappa shape index (κ2) is 12.0. The third-order valence-corrected chi connectivity index (χ3v) is 5.99. The number of fused-ring (bicyclic) bond motifs is 1. The zero-order valence-electron chi connectivity index (χ0n) is 20.1. The average molecular weight is 483 g/mol. The number of methoxy groups -OCH3 is 2. The summed E-state index contributed by atoms with van der Waals surface area (Å²) in [6, 6.07) is 14.8. The maximum atomic E-state index is 13.4. The van der Waals surface area contributed by atoms with Gasteiger partial charge in [0, 0.05) is 6.42 Å². The Bertz CT molecular complexity index is 1060. The van der Waals surface area contributed by atoms with Crippen LogP contribution in [0.3, 0.4) is 0 Å². The van der Waals surface area contributed by atoms with Crippen molar-refractivity contribution in [3.8, 4) is 0 Å². The normalized spacial score (nSPS) is 16.3. The molecule has 9 heteroatoms. The summed E-state index contributed by atoms with van der Waals surface area (Å²) < 4.78 is 15.0. The maximum absolute atomic E-state index is 13.4. The highest BCUT2D eigenvalue weighted by Crippen LogP contribution is 2.25. The molecule has 0 saturated carbocycles. The number of nitrogens with zero attached hydrogens (tertiary/aromatic N) is 1. The summed E-state index contributed by atoms with van der Waals surface area (Å²) in [7, 11) is 2.46. The van der Waals surface area contributed by atoms with Crippen molar-refractivity contribution in [3.05, 3.63) is 71.3 Å². The van der Waals surface area contributed by atoms with Gasteiger partial charge in [-0.05, 0) is 23.1 Å². The molecule has 3 rings (SSSR count). The van der Waals surface area contributed by atoms with E-state index in [1.165, 1.54) is 19.1 Å². The van der Waals surface area contributed by atoms with Crippen LogP contribution in [0.15, 0.2) is 54.6 Å².